The molecule has 0 aliphatic carbocycles. The van der Waals surface area contributed by atoms with E-state index < -0.39 is 0 Å². The fraction of sp³-hybridized carbons (Fsp3) is 0.312. The number of hydrogen-bond donors (Lipinski definition) is 0. The van der Waals surface area contributed by atoms with Gasteiger partial charge in [0, 0.05) is 12.7 Å². The number of aromatic nitrogens is 3. The Morgan fingerprint density at radius 2 is 2.39 bits per heavy atom. The molecule has 0 aliphatic heterocycles. The van der Waals surface area contributed by atoms with Crippen LogP contribution in [0.4, 0.5) is 5.69 Å². The summed E-state index contributed by atoms with van der Waals surface area (Å²) in [5.74, 6) is 1.32. The molecular weight excluding hydrogens is 332 g/mol. The zero-order chi connectivity index (χ0) is 16.7. The SMILES string of the molecule is C=CCCSCC(=O)N(CC)c1cn(-c2cccnc2)nc1Cl. The van der Waals surface area contributed by atoms with Crippen LogP contribution in [0.2, 0.25) is 5.15 Å². The van der Waals surface area contributed by atoms with Gasteiger partial charge in [0.05, 0.1) is 23.8 Å². The molecule has 2 rings (SSSR count). The van der Waals surface area contributed by atoms with Gasteiger partial charge in [0.2, 0.25) is 5.91 Å². The number of halogens is 1. The predicted octanol–water partition coefficient (Wildman–Crippen LogP) is 3.58. The summed E-state index contributed by atoms with van der Waals surface area (Å²) in [6.07, 6.45) is 7.89. The van der Waals surface area contributed by atoms with E-state index in [0.29, 0.717) is 23.1 Å². The lowest BCUT2D eigenvalue weighted by atomic mass is 10.4. The second-order valence-electron chi connectivity index (χ2n) is 4.73. The molecule has 0 saturated carbocycles. The van der Waals surface area contributed by atoms with Gasteiger partial charge in [-0.2, -0.15) is 16.9 Å². The minimum Gasteiger partial charge on any atom is -0.308 e. The first-order valence-corrected chi connectivity index (χ1v) is 8.85. The maximum atomic E-state index is 12.4. The van der Waals surface area contributed by atoms with Crippen LogP contribution in [0.15, 0.2) is 43.4 Å². The Balaban J connectivity index is 2.13. The van der Waals surface area contributed by atoms with Gasteiger partial charge in [-0.1, -0.05) is 17.7 Å². The molecule has 0 unspecified atom stereocenters. The van der Waals surface area contributed by atoms with Crippen LogP contribution in [0, 0.1) is 0 Å². The van der Waals surface area contributed by atoms with Crippen LogP contribution in [0.3, 0.4) is 0 Å². The van der Waals surface area contributed by atoms with Crippen molar-refractivity contribution in [3.05, 3.63) is 48.5 Å². The van der Waals surface area contributed by atoms with Crippen molar-refractivity contribution in [2.75, 3.05) is 23.0 Å². The van der Waals surface area contributed by atoms with E-state index in [1.165, 1.54) is 0 Å². The first kappa shape index (κ1) is 17.6. The minimum absolute atomic E-state index is 0.0224. The summed E-state index contributed by atoms with van der Waals surface area (Å²) >= 11 is 7.82. The Morgan fingerprint density at radius 1 is 1.57 bits per heavy atom. The third-order valence-electron chi connectivity index (χ3n) is 3.16. The van der Waals surface area contributed by atoms with Crippen LogP contribution in [0.25, 0.3) is 5.69 Å². The quantitative estimate of drug-likeness (QED) is 0.539. The molecule has 1 amide bonds. The lowest BCUT2D eigenvalue weighted by Crippen LogP contribution is -2.32. The number of rotatable bonds is 8. The Morgan fingerprint density at radius 3 is 3.04 bits per heavy atom. The van der Waals surface area contributed by atoms with Gasteiger partial charge in [0.15, 0.2) is 5.15 Å². The highest BCUT2D eigenvalue weighted by atomic mass is 35.5. The Kier molecular flexibility index (Phi) is 6.67. The summed E-state index contributed by atoms with van der Waals surface area (Å²) in [7, 11) is 0. The molecule has 0 aromatic carbocycles. The zero-order valence-corrected chi connectivity index (χ0v) is 14.6. The highest BCUT2D eigenvalue weighted by Crippen LogP contribution is 2.26. The number of thioether (sulfide) groups is 1. The molecule has 0 N–H and O–H groups in total. The van der Waals surface area contributed by atoms with Gasteiger partial charge in [-0.25, -0.2) is 4.68 Å². The van der Waals surface area contributed by atoms with E-state index in [1.54, 1.807) is 39.9 Å². The number of amides is 1. The van der Waals surface area contributed by atoms with Gasteiger partial charge in [-0.3, -0.25) is 9.78 Å². The largest absolute Gasteiger partial charge is 0.308 e. The Hall–Kier alpha value is -1.79. The monoisotopic (exact) mass is 350 g/mol. The van der Waals surface area contributed by atoms with E-state index in [9.17, 15) is 4.79 Å². The normalized spacial score (nSPS) is 10.5. The molecule has 0 bridgehead atoms. The molecule has 2 aromatic heterocycles. The smallest absolute Gasteiger partial charge is 0.237 e. The number of nitrogens with zero attached hydrogens (tertiary/aromatic N) is 4. The summed E-state index contributed by atoms with van der Waals surface area (Å²) < 4.78 is 1.63. The van der Waals surface area contributed by atoms with Gasteiger partial charge >= 0.3 is 0 Å². The summed E-state index contributed by atoms with van der Waals surface area (Å²) in [6.45, 7) is 6.14. The number of hydrogen-bond acceptors (Lipinski definition) is 4. The van der Waals surface area contributed by atoms with Crippen LogP contribution in [0.1, 0.15) is 13.3 Å². The lowest BCUT2D eigenvalue weighted by molar-refractivity contribution is -0.116. The van der Waals surface area contributed by atoms with E-state index in [2.05, 4.69) is 16.7 Å². The summed E-state index contributed by atoms with van der Waals surface area (Å²) in [6, 6.07) is 3.70. The molecular formula is C16H19ClN4OS. The van der Waals surface area contributed by atoms with Crippen LogP contribution >= 0.6 is 23.4 Å². The summed E-state index contributed by atoms with van der Waals surface area (Å²) in [4.78, 5) is 18.1. The van der Waals surface area contributed by atoms with Crippen LogP contribution in [-0.2, 0) is 4.79 Å². The number of carbonyl (C=O) groups excluding carboxylic acids is 1. The zero-order valence-electron chi connectivity index (χ0n) is 13.0. The summed E-state index contributed by atoms with van der Waals surface area (Å²) in [5.41, 5.74) is 1.41. The van der Waals surface area contributed by atoms with Crippen molar-refractivity contribution in [3.8, 4) is 5.69 Å². The van der Waals surface area contributed by atoms with E-state index in [1.807, 2.05) is 25.1 Å². The van der Waals surface area contributed by atoms with Gasteiger partial charge < -0.3 is 4.90 Å². The van der Waals surface area contributed by atoms with Gasteiger partial charge in [-0.15, -0.1) is 6.58 Å². The average molecular weight is 351 g/mol. The molecule has 2 heterocycles. The minimum atomic E-state index is 0.0224. The van der Waals surface area contributed by atoms with Crippen LogP contribution in [0.5, 0.6) is 0 Å². The van der Waals surface area contributed by atoms with Crippen LogP contribution < -0.4 is 4.90 Å². The van der Waals surface area contributed by atoms with E-state index in [4.69, 9.17) is 11.6 Å². The van der Waals surface area contributed by atoms with Crippen molar-refractivity contribution in [1.29, 1.82) is 0 Å². The molecule has 0 spiro atoms. The number of anilines is 1. The molecule has 0 aliphatic rings. The first-order valence-electron chi connectivity index (χ1n) is 7.32. The molecule has 5 nitrogen and oxygen atoms in total. The van der Waals surface area contributed by atoms with Crippen molar-refractivity contribution >= 4 is 35.0 Å². The molecule has 122 valence electrons. The second-order valence-corrected chi connectivity index (χ2v) is 6.19. The Labute approximate surface area is 145 Å². The fourth-order valence-electron chi connectivity index (χ4n) is 2.03. The van der Waals surface area contributed by atoms with E-state index in [-0.39, 0.29) is 5.91 Å². The van der Waals surface area contributed by atoms with Crippen molar-refractivity contribution in [2.24, 2.45) is 0 Å². The lowest BCUT2D eigenvalue weighted by Gasteiger charge is -2.19. The topological polar surface area (TPSA) is 51.0 Å². The standard InChI is InChI=1S/C16H19ClN4OS/c1-3-5-9-23-12-15(22)20(4-2)14-11-21(19-16(14)17)13-7-6-8-18-10-13/h3,6-8,10-11H,1,4-5,9,12H2,2H3. The number of carbonyl (C=O) groups is 1. The molecule has 0 radical (unpaired) electrons. The number of pyridine rings is 1. The first-order chi connectivity index (χ1) is 11.2. The van der Waals surface area contributed by atoms with Crippen molar-refractivity contribution in [3.63, 3.8) is 0 Å². The maximum absolute atomic E-state index is 12.4. The molecule has 2 aromatic rings. The molecule has 0 saturated heterocycles. The molecule has 7 heteroatoms. The molecule has 0 fully saturated rings. The fourth-order valence-corrected chi connectivity index (χ4v) is 3.07. The van der Waals surface area contributed by atoms with E-state index >= 15 is 0 Å². The third kappa shape index (κ3) is 4.59. The molecule has 0 atom stereocenters. The highest BCUT2D eigenvalue weighted by Gasteiger charge is 2.20. The summed E-state index contributed by atoms with van der Waals surface area (Å²) in [5, 5.41) is 4.58. The highest BCUT2D eigenvalue weighted by molar-refractivity contribution is 7.99. The van der Waals surface area contributed by atoms with Gasteiger partial charge in [-0.05, 0) is 31.2 Å². The van der Waals surface area contributed by atoms with E-state index in [0.717, 1.165) is 17.9 Å². The van der Waals surface area contributed by atoms with Crippen molar-refractivity contribution in [2.45, 2.75) is 13.3 Å². The molecule has 23 heavy (non-hydrogen) atoms. The Bertz CT molecular complexity index is 659. The van der Waals surface area contributed by atoms with Gasteiger partial charge in [0.25, 0.3) is 0 Å². The van der Waals surface area contributed by atoms with Crippen molar-refractivity contribution in [1.82, 2.24) is 14.8 Å². The predicted molar refractivity (Wildman–Crippen MR) is 96.5 cm³/mol. The number of allylic oxidation sites excluding steroid dienone is 1. The van der Waals surface area contributed by atoms with Gasteiger partial charge in [0.1, 0.15) is 5.69 Å². The van der Waals surface area contributed by atoms with Crippen molar-refractivity contribution < 1.29 is 4.79 Å². The maximum Gasteiger partial charge on any atom is 0.237 e. The van der Waals surface area contributed by atoms with Crippen LogP contribution in [-0.4, -0.2) is 38.7 Å². The third-order valence-corrected chi connectivity index (χ3v) is 4.41. The average Bonchev–Trinajstić information content (AvgIpc) is 2.95. The second kappa shape index (κ2) is 8.74.